The van der Waals surface area contributed by atoms with Gasteiger partial charge in [0.1, 0.15) is 0 Å². The summed E-state index contributed by atoms with van der Waals surface area (Å²) in [4.78, 5) is 16.3. The molecule has 0 atom stereocenters. The SMILES string of the molecule is CCOC(=O)c1ccc(-c2ccc(N=CC=C(C)N)c(C(C)C)c2)cc1. The van der Waals surface area contributed by atoms with Crippen molar-refractivity contribution in [3.8, 4) is 11.1 Å². The van der Waals surface area contributed by atoms with Gasteiger partial charge in [-0.3, -0.25) is 4.99 Å². The van der Waals surface area contributed by atoms with Gasteiger partial charge < -0.3 is 10.5 Å². The molecule has 0 saturated heterocycles. The average Bonchev–Trinajstić information content (AvgIpc) is 2.62. The molecule has 0 heterocycles. The van der Waals surface area contributed by atoms with Crippen molar-refractivity contribution in [3.05, 3.63) is 65.4 Å². The Morgan fingerprint density at radius 3 is 2.38 bits per heavy atom. The van der Waals surface area contributed by atoms with Crippen LogP contribution in [0.2, 0.25) is 0 Å². The van der Waals surface area contributed by atoms with Gasteiger partial charge in [0.2, 0.25) is 0 Å². The molecule has 0 aliphatic rings. The van der Waals surface area contributed by atoms with Crippen LogP contribution in [0.3, 0.4) is 0 Å². The molecule has 0 fully saturated rings. The van der Waals surface area contributed by atoms with Gasteiger partial charge in [0.25, 0.3) is 0 Å². The monoisotopic (exact) mass is 350 g/mol. The van der Waals surface area contributed by atoms with Crippen LogP contribution in [0.25, 0.3) is 11.1 Å². The van der Waals surface area contributed by atoms with E-state index in [1.807, 2.05) is 31.2 Å². The van der Waals surface area contributed by atoms with E-state index in [1.165, 1.54) is 0 Å². The van der Waals surface area contributed by atoms with E-state index in [4.69, 9.17) is 10.5 Å². The molecule has 0 aromatic heterocycles. The van der Waals surface area contributed by atoms with Gasteiger partial charge >= 0.3 is 5.97 Å². The summed E-state index contributed by atoms with van der Waals surface area (Å²) in [5, 5.41) is 0. The van der Waals surface area contributed by atoms with E-state index in [0.29, 0.717) is 18.1 Å². The largest absolute Gasteiger partial charge is 0.462 e. The number of benzene rings is 2. The summed E-state index contributed by atoms with van der Waals surface area (Å²) in [6.07, 6.45) is 3.51. The van der Waals surface area contributed by atoms with E-state index in [2.05, 4.69) is 24.9 Å². The smallest absolute Gasteiger partial charge is 0.338 e. The van der Waals surface area contributed by atoms with Crippen LogP contribution in [0.1, 0.15) is 49.5 Å². The second kappa shape index (κ2) is 8.99. The Morgan fingerprint density at radius 2 is 1.81 bits per heavy atom. The molecule has 0 bridgehead atoms. The van der Waals surface area contributed by atoms with Crippen molar-refractivity contribution in [2.24, 2.45) is 10.7 Å². The van der Waals surface area contributed by atoms with Gasteiger partial charge in [0, 0.05) is 11.9 Å². The summed E-state index contributed by atoms with van der Waals surface area (Å²) in [5.41, 5.74) is 11.2. The highest BCUT2D eigenvalue weighted by molar-refractivity contribution is 5.90. The second-order valence-corrected chi connectivity index (χ2v) is 6.41. The summed E-state index contributed by atoms with van der Waals surface area (Å²) >= 11 is 0. The average molecular weight is 350 g/mol. The lowest BCUT2D eigenvalue weighted by Gasteiger charge is -2.12. The van der Waals surface area contributed by atoms with Crippen molar-refractivity contribution in [1.29, 1.82) is 0 Å². The lowest BCUT2D eigenvalue weighted by molar-refractivity contribution is 0.0526. The highest BCUT2D eigenvalue weighted by Gasteiger charge is 2.10. The third-order valence-corrected chi connectivity index (χ3v) is 3.93. The number of hydrogen-bond donors (Lipinski definition) is 1. The molecule has 0 radical (unpaired) electrons. The van der Waals surface area contributed by atoms with Crippen molar-refractivity contribution < 1.29 is 9.53 Å². The number of ether oxygens (including phenoxy) is 1. The first-order valence-electron chi connectivity index (χ1n) is 8.80. The van der Waals surface area contributed by atoms with E-state index in [1.54, 1.807) is 31.3 Å². The number of aliphatic imine (C=N–C) groups is 1. The Bertz CT molecular complexity index is 815. The highest BCUT2D eigenvalue weighted by atomic mass is 16.5. The molecule has 4 nitrogen and oxygen atoms in total. The summed E-state index contributed by atoms with van der Waals surface area (Å²) in [5.74, 6) is 0.0405. The summed E-state index contributed by atoms with van der Waals surface area (Å²) in [6, 6.07) is 13.7. The molecule has 136 valence electrons. The molecule has 2 aromatic rings. The number of nitrogens with two attached hydrogens (primary N) is 1. The van der Waals surface area contributed by atoms with E-state index in [9.17, 15) is 4.79 Å². The van der Waals surface area contributed by atoms with Gasteiger partial charge in [-0.25, -0.2) is 4.79 Å². The van der Waals surface area contributed by atoms with Crippen molar-refractivity contribution in [2.75, 3.05) is 6.61 Å². The Balaban J connectivity index is 2.33. The lowest BCUT2D eigenvalue weighted by atomic mass is 9.95. The maximum Gasteiger partial charge on any atom is 0.338 e. The van der Waals surface area contributed by atoms with Crippen LogP contribution in [0.5, 0.6) is 0 Å². The van der Waals surface area contributed by atoms with Gasteiger partial charge in [-0.2, -0.15) is 0 Å². The summed E-state index contributed by atoms with van der Waals surface area (Å²) in [7, 11) is 0. The van der Waals surface area contributed by atoms with Crippen LogP contribution < -0.4 is 5.73 Å². The minimum atomic E-state index is -0.296. The van der Waals surface area contributed by atoms with Crippen molar-refractivity contribution >= 4 is 17.9 Å². The molecular weight excluding hydrogens is 324 g/mol. The fourth-order valence-electron chi connectivity index (χ4n) is 2.56. The maximum absolute atomic E-state index is 11.8. The maximum atomic E-state index is 11.8. The van der Waals surface area contributed by atoms with Crippen LogP contribution in [0, 0.1) is 0 Å². The molecule has 2 aromatic carbocycles. The quantitative estimate of drug-likeness (QED) is 0.574. The molecule has 0 unspecified atom stereocenters. The van der Waals surface area contributed by atoms with Gasteiger partial charge in [0.15, 0.2) is 0 Å². The number of allylic oxidation sites excluding steroid dienone is 2. The predicted molar refractivity (Wildman–Crippen MR) is 108 cm³/mol. The molecule has 4 heteroatoms. The molecule has 0 aliphatic heterocycles. The van der Waals surface area contributed by atoms with Crippen LogP contribution in [0.15, 0.2) is 59.2 Å². The van der Waals surface area contributed by atoms with Crippen LogP contribution >= 0.6 is 0 Å². The molecule has 0 aliphatic carbocycles. The van der Waals surface area contributed by atoms with Crippen molar-refractivity contribution in [3.63, 3.8) is 0 Å². The molecule has 0 amide bonds. The first-order valence-corrected chi connectivity index (χ1v) is 8.80. The van der Waals surface area contributed by atoms with E-state index in [-0.39, 0.29) is 5.97 Å². The Labute approximate surface area is 155 Å². The molecule has 2 rings (SSSR count). The molecule has 0 saturated carbocycles. The van der Waals surface area contributed by atoms with E-state index >= 15 is 0 Å². The zero-order valence-corrected chi connectivity index (χ0v) is 15.8. The Morgan fingerprint density at radius 1 is 1.15 bits per heavy atom. The highest BCUT2D eigenvalue weighted by Crippen LogP contribution is 2.32. The molecule has 0 spiro atoms. The molecule has 26 heavy (non-hydrogen) atoms. The van der Waals surface area contributed by atoms with Gasteiger partial charge in [0.05, 0.1) is 17.9 Å². The lowest BCUT2D eigenvalue weighted by Crippen LogP contribution is -2.04. The number of esters is 1. The minimum absolute atomic E-state index is 0.296. The first kappa shape index (κ1) is 19.4. The normalized spacial score (nSPS) is 12.0. The van der Waals surface area contributed by atoms with Gasteiger partial charge in [-0.15, -0.1) is 0 Å². The van der Waals surface area contributed by atoms with Gasteiger partial charge in [-0.1, -0.05) is 32.0 Å². The predicted octanol–water partition coefficient (Wildman–Crippen LogP) is 5.22. The third kappa shape index (κ3) is 5.06. The second-order valence-electron chi connectivity index (χ2n) is 6.41. The number of rotatable bonds is 6. The topological polar surface area (TPSA) is 64.7 Å². The van der Waals surface area contributed by atoms with E-state index < -0.39 is 0 Å². The first-order chi connectivity index (χ1) is 12.4. The Kier molecular flexibility index (Phi) is 6.73. The fraction of sp³-hybridized carbons (Fsp3) is 0.273. The van der Waals surface area contributed by atoms with Crippen molar-refractivity contribution in [1.82, 2.24) is 0 Å². The number of carbonyl (C=O) groups excluding carboxylic acids is 1. The summed E-state index contributed by atoms with van der Waals surface area (Å²) < 4.78 is 5.03. The third-order valence-electron chi connectivity index (χ3n) is 3.93. The van der Waals surface area contributed by atoms with E-state index in [0.717, 1.165) is 28.1 Å². The molecular formula is C22H26N2O2. The van der Waals surface area contributed by atoms with Gasteiger partial charge in [-0.05, 0) is 66.8 Å². The zero-order valence-electron chi connectivity index (χ0n) is 15.8. The summed E-state index contributed by atoms with van der Waals surface area (Å²) in [6.45, 7) is 8.30. The molecule has 2 N–H and O–H groups in total. The number of nitrogens with zero attached hydrogens (tertiary/aromatic N) is 1. The fourth-order valence-corrected chi connectivity index (χ4v) is 2.56. The minimum Gasteiger partial charge on any atom is -0.462 e. The van der Waals surface area contributed by atoms with Crippen molar-refractivity contribution in [2.45, 2.75) is 33.6 Å². The number of hydrogen-bond acceptors (Lipinski definition) is 4. The number of carbonyl (C=O) groups is 1. The Hall–Kier alpha value is -2.88. The van der Waals surface area contributed by atoms with Crippen LogP contribution in [-0.2, 0) is 4.74 Å². The zero-order chi connectivity index (χ0) is 19.1. The standard InChI is InChI=1S/C22H26N2O2/c1-5-26-22(25)18-8-6-17(7-9-18)19-10-11-21(20(14-19)15(2)3)24-13-12-16(4)23/h6-15H,5,23H2,1-4H3. The van der Waals surface area contributed by atoms with Crippen LogP contribution in [0.4, 0.5) is 5.69 Å². The van der Waals surface area contributed by atoms with Crippen LogP contribution in [-0.4, -0.2) is 18.8 Å².